The molecular formula is C11H22N4O. The molecule has 1 aromatic rings. The Labute approximate surface area is 97.2 Å². The lowest BCUT2D eigenvalue weighted by Crippen LogP contribution is -2.28. The van der Waals surface area contributed by atoms with Crippen molar-refractivity contribution in [2.24, 2.45) is 0 Å². The molecule has 1 unspecified atom stereocenters. The molecule has 0 aliphatic rings. The summed E-state index contributed by atoms with van der Waals surface area (Å²) in [5.74, 6) is 0. The molecule has 5 nitrogen and oxygen atoms in total. The van der Waals surface area contributed by atoms with E-state index in [1.807, 2.05) is 17.8 Å². The molecule has 0 saturated heterocycles. The first-order chi connectivity index (χ1) is 7.83. The van der Waals surface area contributed by atoms with E-state index in [4.69, 9.17) is 4.74 Å². The molecule has 0 aromatic carbocycles. The first-order valence-corrected chi connectivity index (χ1v) is 6.02. The monoisotopic (exact) mass is 226 g/mol. The molecule has 5 heteroatoms. The predicted octanol–water partition coefficient (Wildman–Crippen LogP) is 1.38. The fourth-order valence-corrected chi connectivity index (χ4v) is 1.65. The molecule has 0 spiro atoms. The molecule has 0 amide bonds. The summed E-state index contributed by atoms with van der Waals surface area (Å²) in [7, 11) is 0. The van der Waals surface area contributed by atoms with Gasteiger partial charge in [-0.05, 0) is 19.9 Å². The number of aryl methyl sites for hydroxylation is 1. The Balaban J connectivity index is 2.70. The number of nitrogens with zero attached hydrogens (tertiary/aromatic N) is 3. The molecule has 92 valence electrons. The zero-order valence-corrected chi connectivity index (χ0v) is 10.4. The minimum Gasteiger partial charge on any atom is -0.380 e. The second-order valence-electron chi connectivity index (χ2n) is 3.65. The van der Waals surface area contributed by atoms with Crippen LogP contribution in [0.25, 0.3) is 0 Å². The third-order valence-corrected chi connectivity index (χ3v) is 2.38. The average molecular weight is 226 g/mol. The lowest BCUT2D eigenvalue weighted by Gasteiger charge is -2.18. The van der Waals surface area contributed by atoms with Gasteiger partial charge in [-0.25, -0.2) is 4.68 Å². The Morgan fingerprint density at radius 2 is 2.25 bits per heavy atom. The van der Waals surface area contributed by atoms with Crippen LogP contribution in [0.4, 0.5) is 0 Å². The number of likely N-dealkylation sites (N-methyl/N-ethyl adjacent to an activating group) is 1. The normalized spacial score (nSPS) is 12.9. The minimum atomic E-state index is 0.187. The number of nitrogens with one attached hydrogen (secondary N) is 1. The van der Waals surface area contributed by atoms with Gasteiger partial charge in [-0.2, -0.15) is 0 Å². The molecule has 1 N–H and O–H groups in total. The highest BCUT2D eigenvalue weighted by atomic mass is 16.5. The van der Waals surface area contributed by atoms with Crippen LogP contribution >= 0.6 is 0 Å². The predicted molar refractivity (Wildman–Crippen MR) is 63.2 cm³/mol. The third kappa shape index (κ3) is 3.57. The van der Waals surface area contributed by atoms with E-state index in [1.54, 1.807) is 0 Å². The van der Waals surface area contributed by atoms with Crippen LogP contribution in [0.3, 0.4) is 0 Å². The summed E-state index contributed by atoms with van der Waals surface area (Å²) in [6, 6.07) is 0.187. The van der Waals surface area contributed by atoms with Gasteiger partial charge in [0.25, 0.3) is 0 Å². The van der Waals surface area contributed by atoms with E-state index in [0.717, 1.165) is 31.8 Å². The second kappa shape index (κ2) is 7.35. The van der Waals surface area contributed by atoms with Crippen LogP contribution in [0.5, 0.6) is 0 Å². The summed E-state index contributed by atoms with van der Waals surface area (Å²) in [6.07, 6.45) is 2.88. The lowest BCUT2D eigenvalue weighted by molar-refractivity contribution is 0.121. The summed E-state index contributed by atoms with van der Waals surface area (Å²) in [5, 5.41) is 11.5. The highest BCUT2D eigenvalue weighted by Gasteiger charge is 2.15. The van der Waals surface area contributed by atoms with Gasteiger partial charge in [0, 0.05) is 13.2 Å². The van der Waals surface area contributed by atoms with Crippen molar-refractivity contribution in [1.82, 2.24) is 20.3 Å². The van der Waals surface area contributed by atoms with Crippen molar-refractivity contribution in [3.05, 3.63) is 11.9 Å². The summed E-state index contributed by atoms with van der Waals surface area (Å²) < 4.78 is 7.42. The Kier molecular flexibility index (Phi) is 6.03. The first-order valence-electron chi connectivity index (χ1n) is 6.02. The molecule has 1 aromatic heterocycles. The molecule has 1 rings (SSSR count). The molecule has 0 fully saturated rings. The molecule has 0 radical (unpaired) electrons. The second-order valence-corrected chi connectivity index (χ2v) is 3.65. The summed E-state index contributed by atoms with van der Waals surface area (Å²) in [6.45, 7) is 9.45. The van der Waals surface area contributed by atoms with E-state index in [9.17, 15) is 0 Å². The van der Waals surface area contributed by atoms with Crippen LogP contribution in [0.1, 0.15) is 38.9 Å². The smallest absolute Gasteiger partial charge is 0.0780 e. The first kappa shape index (κ1) is 13.1. The van der Waals surface area contributed by atoms with E-state index in [2.05, 4.69) is 29.5 Å². The molecular weight excluding hydrogens is 204 g/mol. The van der Waals surface area contributed by atoms with E-state index in [1.165, 1.54) is 0 Å². The Morgan fingerprint density at radius 3 is 2.88 bits per heavy atom. The number of hydrogen-bond donors (Lipinski definition) is 1. The fourth-order valence-electron chi connectivity index (χ4n) is 1.65. The van der Waals surface area contributed by atoms with Crippen molar-refractivity contribution in [1.29, 1.82) is 0 Å². The van der Waals surface area contributed by atoms with Crippen LogP contribution in [0.15, 0.2) is 6.20 Å². The van der Waals surface area contributed by atoms with Crippen molar-refractivity contribution >= 4 is 0 Å². The maximum Gasteiger partial charge on any atom is 0.0780 e. The van der Waals surface area contributed by atoms with Gasteiger partial charge in [0.2, 0.25) is 0 Å². The number of rotatable bonds is 8. The van der Waals surface area contributed by atoms with Gasteiger partial charge >= 0.3 is 0 Å². The van der Waals surface area contributed by atoms with Crippen molar-refractivity contribution in [2.45, 2.75) is 39.8 Å². The fraction of sp³-hybridized carbons (Fsp3) is 0.818. The van der Waals surface area contributed by atoms with Crippen LogP contribution in [0.2, 0.25) is 0 Å². The van der Waals surface area contributed by atoms with Gasteiger partial charge in [0.05, 0.1) is 24.5 Å². The number of ether oxygens (including phenoxy) is 1. The molecule has 0 aliphatic heterocycles. The standard InChI is InChI=1S/C11H22N4O/c1-4-7-15-11(8-13-14-15)10(12-5-2)9-16-6-3/h8,10,12H,4-7,9H2,1-3H3. The van der Waals surface area contributed by atoms with Crippen LogP contribution in [-0.4, -0.2) is 34.8 Å². The van der Waals surface area contributed by atoms with Gasteiger partial charge in [-0.1, -0.05) is 19.1 Å². The number of hydrogen-bond acceptors (Lipinski definition) is 4. The van der Waals surface area contributed by atoms with Crippen molar-refractivity contribution in [3.63, 3.8) is 0 Å². The Morgan fingerprint density at radius 1 is 1.44 bits per heavy atom. The molecule has 1 atom stereocenters. The van der Waals surface area contributed by atoms with Gasteiger partial charge in [0.15, 0.2) is 0 Å². The molecule has 16 heavy (non-hydrogen) atoms. The van der Waals surface area contributed by atoms with E-state index in [0.29, 0.717) is 6.61 Å². The lowest BCUT2D eigenvalue weighted by atomic mass is 10.2. The van der Waals surface area contributed by atoms with Gasteiger partial charge < -0.3 is 10.1 Å². The third-order valence-electron chi connectivity index (χ3n) is 2.38. The molecule has 0 aliphatic carbocycles. The van der Waals surface area contributed by atoms with Gasteiger partial charge in [-0.15, -0.1) is 5.10 Å². The quantitative estimate of drug-likeness (QED) is 0.727. The van der Waals surface area contributed by atoms with Crippen LogP contribution in [-0.2, 0) is 11.3 Å². The molecule has 1 heterocycles. The Hall–Kier alpha value is -0.940. The van der Waals surface area contributed by atoms with Crippen LogP contribution < -0.4 is 5.32 Å². The largest absolute Gasteiger partial charge is 0.380 e. The zero-order valence-electron chi connectivity index (χ0n) is 10.4. The van der Waals surface area contributed by atoms with Crippen molar-refractivity contribution in [2.75, 3.05) is 19.8 Å². The van der Waals surface area contributed by atoms with Gasteiger partial charge in [-0.3, -0.25) is 0 Å². The van der Waals surface area contributed by atoms with Crippen LogP contribution in [0, 0.1) is 0 Å². The zero-order chi connectivity index (χ0) is 11.8. The number of aromatic nitrogens is 3. The maximum absolute atomic E-state index is 5.47. The van der Waals surface area contributed by atoms with Gasteiger partial charge in [0.1, 0.15) is 0 Å². The average Bonchev–Trinajstić information content (AvgIpc) is 2.73. The van der Waals surface area contributed by atoms with E-state index < -0.39 is 0 Å². The topological polar surface area (TPSA) is 52.0 Å². The summed E-state index contributed by atoms with van der Waals surface area (Å²) >= 11 is 0. The van der Waals surface area contributed by atoms with E-state index >= 15 is 0 Å². The highest BCUT2D eigenvalue weighted by Crippen LogP contribution is 2.12. The SMILES string of the molecule is CCCn1nncc1C(COCC)NCC. The highest BCUT2D eigenvalue weighted by molar-refractivity contribution is 5.02. The van der Waals surface area contributed by atoms with Crippen molar-refractivity contribution in [3.8, 4) is 0 Å². The molecule has 0 bridgehead atoms. The summed E-state index contributed by atoms with van der Waals surface area (Å²) in [5.41, 5.74) is 1.11. The molecule has 0 saturated carbocycles. The van der Waals surface area contributed by atoms with Crippen molar-refractivity contribution < 1.29 is 4.74 Å². The summed E-state index contributed by atoms with van der Waals surface area (Å²) in [4.78, 5) is 0. The van der Waals surface area contributed by atoms with E-state index in [-0.39, 0.29) is 6.04 Å². The maximum atomic E-state index is 5.47. The Bertz CT molecular complexity index is 287. The minimum absolute atomic E-state index is 0.187.